The molecule has 236 valence electrons. The fourth-order valence-corrected chi connectivity index (χ4v) is 12.8. The second kappa shape index (κ2) is 10.2. The smallest absolute Gasteiger partial charge is 0.336 e. The zero-order valence-corrected chi connectivity index (χ0v) is 27.5. The number of carboxylic acid groups (broad SMARTS) is 1. The highest BCUT2D eigenvalue weighted by atomic mass is 16.4. The number of aliphatic hydroxyl groups is 1. The van der Waals surface area contributed by atoms with Crippen LogP contribution < -0.4 is 5.32 Å². The fraction of sp³-hybridized carbons (Fsp3) is 0.737. The van der Waals surface area contributed by atoms with Gasteiger partial charge in [0.2, 0.25) is 5.91 Å². The van der Waals surface area contributed by atoms with Crippen molar-refractivity contribution in [2.75, 3.05) is 0 Å². The van der Waals surface area contributed by atoms with Gasteiger partial charge in [-0.3, -0.25) is 4.79 Å². The second-order valence-electron chi connectivity index (χ2n) is 16.9. The molecule has 5 saturated carbocycles. The average Bonchev–Trinajstić information content (AvgIpc) is 3.36. The summed E-state index contributed by atoms with van der Waals surface area (Å²) < 4.78 is 0. The predicted octanol–water partition coefficient (Wildman–Crippen LogP) is 8.02. The minimum absolute atomic E-state index is 0.0539. The van der Waals surface area contributed by atoms with Gasteiger partial charge in [-0.05, 0) is 134 Å². The summed E-state index contributed by atoms with van der Waals surface area (Å²) in [5, 5.41) is 24.0. The van der Waals surface area contributed by atoms with E-state index in [1.54, 1.807) is 12.1 Å². The summed E-state index contributed by atoms with van der Waals surface area (Å²) >= 11 is 0. The zero-order chi connectivity index (χ0) is 31.2. The van der Waals surface area contributed by atoms with Crippen LogP contribution in [-0.4, -0.2) is 28.2 Å². The lowest BCUT2D eigenvalue weighted by Crippen LogP contribution is -2.67. The molecule has 0 saturated heterocycles. The van der Waals surface area contributed by atoms with Crippen LogP contribution in [0.4, 0.5) is 0 Å². The summed E-state index contributed by atoms with van der Waals surface area (Å²) in [6.45, 7) is 19.3. The predicted molar refractivity (Wildman–Crippen MR) is 170 cm³/mol. The molecule has 5 aliphatic rings. The molecular formula is C38H55NO4. The van der Waals surface area contributed by atoms with Crippen LogP contribution in [0.1, 0.15) is 122 Å². The van der Waals surface area contributed by atoms with Crippen LogP contribution in [0.15, 0.2) is 36.4 Å². The topological polar surface area (TPSA) is 86.6 Å². The number of hydrogen-bond acceptors (Lipinski definition) is 3. The van der Waals surface area contributed by atoms with E-state index in [1.165, 1.54) is 24.8 Å². The normalized spacial score (nSPS) is 44.7. The first-order chi connectivity index (χ1) is 20.1. The van der Waals surface area contributed by atoms with Gasteiger partial charge in [-0.25, -0.2) is 4.79 Å². The van der Waals surface area contributed by atoms with Crippen molar-refractivity contribution >= 4 is 11.9 Å². The van der Waals surface area contributed by atoms with Gasteiger partial charge in [0, 0.05) is 6.54 Å². The quantitative estimate of drug-likeness (QED) is 0.304. The van der Waals surface area contributed by atoms with Gasteiger partial charge >= 0.3 is 5.97 Å². The molecule has 3 N–H and O–H groups in total. The SMILES string of the molecule is C=C(C)[C@@H]1CC[C@]2(C(=O)NCc3ccccc3C(=O)O)CC[C@]3(C)[C@H](CC[C@@H]4[C@@]5(C)CC[C@H](O)C(C)(C)[C@@H]5CC[C@]43C)[C@@H]12. The molecule has 43 heavy (non-hydrogen) atoms. The second-order valence-corrected chi connectivity index (χ2v) is 16.9. The summed E-state index contributed by atoms with van der Waals surface area (Å²) in [4.78, 5) is 26.2. The van der Waals surface area contributed by atoms with E-state index in [-0.39, 0.29) is 51.7 Å². The molecule has 0 unspecified atom stereocenters. The summed E-state index contributed by atoms with van der Waals surface area (Å²) in [6, 6.07) is 7.01. The van der Waals surface area contributed by atoms with E-state index in [4.69, 9.17) is 0 Å². The molecule has 0 bridgehead atoms. The van der Waals surface area contributed by atoms with E-state index in [1.807, 2.05) is 12.1 Å². The Balaban J connectivity index is 1.33. The monoisotopic (exact) mass is 589 g/mol. The highest BCUT2D eigenvalue weighted by Crippen LogP contribution is 2.77. The average molecular weight is 590 g/mol. The van der Waals surface area contributed by atoms with Gasteiger partial charge in [0.25, 0.3) is 0 Å². The number of aromatic carboxylic acids is 1. The zero-order valence-electron chi connectivity index (χ0n) is 27.5. The first kappa shape index (κ1) is 30.9. The van der Waals surface area contributed by atoms with Crippen molar-refractivity contribution < 1.29 is 19.8 Å². The molecule has 5 heteroatoms. The van der Waals surface area contributed by atoms with E-state index in [0.717, 1.165) is 44.9 Å². The summed E-state index contributed by atoms with van der Waals surface area (Å²) in [6.07, 6.45) is 10.4. The Morgan fingerprint density at radius 1 is 0.884 bits per heavy atom. The number of benzene rings is 1. The van der Waals surface area contributed by atoms with Crippen LogP contribution in [0.5, 0.6) is 0 Å². The molecule has 1 aromatic carbocycles. The minimum Gasteiger partial charge on any atom is -0.478 e. The Morgan fingerprint density at radius 2 is 1.60 bits per heavy atom. The lowest BCUT2D eigenvalue weighted by Gasteiger charge is -2.72. The van der Waals surface area contributed by atoms with Crippen LogP contribution in [0.2, 0.25) is 0 Å². The van der Waals surface area contributed by atoms with Crippen molar-refractivity contribution in [3.8, 4) is 0 Å². The Morgan fingerprint density at radius 3 is 2.30 bits per heavy atom. The van der Waals surface area contributed by atoms with Crippen LogP contribution in [-0.2, 0) is 11.3 Å². The van der Waals surface area contributed by atoms with Crippen molar-refractivity contribution in [3.05, 3.63) is 47.5 Å². The summed E-state index contributed by atoms with van der Waals surface area (Å²) in [5.74, 6) is 1.41. The number of rotatable bonds is 5. The molecule has 0 radical (unpaired) electrons. The molecule has 5 nitrogen and oxygen atoms in total. The van der Waals surface area contributed by atoms with Gasteiger partial charge in [-0.2, -0.15) is 0 Å². The van der Waals surface area contributed by atoms with Gasteiger partial charge in [0.1, 0.15) is 0 Å². The number of aliphatic hydroxyl groups excluding tert-OH is 1. The molecule has 1 amide bonds. The van der Waals surface area contributed by atoms with Crippen LogP contribution in [0, 0.1) is 56.7 Å². The first-order valence-electron chi connectivity index (χ1n) is 17.1. The van der Waals surface area contributed by atoms with E-state index in [2.05, 4.69) is 53.4 Å². The molecule has 6 rings (SSSR count). The highest BCUT2D eigenvalue weighted by molar-refractivity contribution is 5.90. The number of carbonyl (C=O) groups excluding carboxylic acids is 1. The number of fused-ring (bicyclic) bond motifs is 7. The van der Waals surface area contributed by atoms with Gasteiger partial charge < -0.3 is 15.5 Å². The van der Waals surface area contributed by atoms with Crippen molar-refractivity contribution in [1.29, 1.82) is 0 Å². The maximum atomic E-state index is 14.4. The van der Waals surface area contributed by atoms with E-state index < -0.39 is 11.4 Å². The molecule has 1 aromatic rings. The Hall–Kier alpha value is -2.14. The van der Waals surface area contributed by atoms with E-state index in [0.29, 0.717) is 29.2 Å². The number of nitrogens with one attached hydrogen (secondary N) is 1. The van der Waals surface area contributed by atoms with Crippen LogP contribution in [0.25, 0.3) is 0 Å². The first-order valence-corrected chi connectivity index (χ1v) is 17.1. The lowest BCUT2D eigenvalue weighted by atomic mass is 9.32. The molecule has 0 spiro atoms. The maximum absolute atomic E-state index is 14.4. The number of carbonyl (C=O) groups is 2. The van der Waals surface area contributed by atoms with Crippen molar-refractivity contribution in [2.45, 2.75) is 118 Å². The van der Waals surface area contributed by atoms with Crippen LogP contribution in [0.3, 0.4) is 0 Å². The Kier molecular flexibility index (Phi) is 7.31. The Labute approximate surface area is 259 Å². The van der Waals surface area contributed by atoms with Crippen molar-refractivity contribution in [3.63, 3.8) is 0 Å². The molecule has 0 aliphatic heterocycles. The number of hydrogen-bond donors (Lipinski definition) is 3. The van der Waals surface area contributed by atoms with E-state index >= 15 is 0 Å². The van der Waals surface area contributed by atoms with Gasteiger partial charge in [-0.15, -0.1) is 0 Å². The lowest BCUT2D eigenvalue weighted by molar-refractivity contribution is -0.246. The molecule has 5 aliphatic carbocycles. The number of allylic oxidation sites excluding steroid dienone is 1. The summed E-state index contributed by atoms with van der Waals surface area (Å²) in [5.41, 5.74) is 2.23. The third-order valence-electron chi connectivity index (χ3n) is 15.2. The standard InChI is InChI=1S/C38H55NO4/c1-23(2)25-14-19-38(33(43)39-22-24-10-8-9-11-26(24)32(41)42)21-20-36(6)27(31(25)38)12-13-29-35(5)17-16-30(40)34(3,4)28(35)15-18-37(29,36)7/h8-11,25,27-31,40H,1,12-22H2,2-7H3,(H,39,43)(H,41,42)/t25-,27+,28-,29+,30-,31+,35-,36+,37+,38-/m0/s1. The largest absolute Gasteiger partial charge is 0.478 e. The van der Waals surface area contributed by atoms with Gasteiger partial charge in [0.05, 0.1) is 17.1 Å². The third kappa shape index (κ3) is 4.18. The molecule has 5 fully saturated rings. The maximum Gasteiger partial charge on any atom is 0.336 e. The molecule has 0 heterocycles. The highest BCUT2D eigenvalue weighted by Gasteiger charge is 2.71. The van der Waals surface area contributed by atoms with Crippen molar-refractivity contribution in [1.82, 2.24) is 5.32 Å². The van der Waals surface area contributed by atoms with Crippen LogP contribution >= 0.6 is 0 Å². The number of carboxylic acids is 1. The Bertz CT molecular complexity index is 1320. The molecular weight excluding hydrogens is 534 g/mol. The fourth-order valence-electron chi connectivity index (χ4n) is 12.8. The number of amides is 1. The van der Waals surface area contributed by atoms with E-state index in [9.17, 15) is 19.8 Å². The molecule has 0 aromatic heterocycles. The minimum atomic E-state index is -0.957. The van der Waals surface area contributed by atoms with Crippen molar-refractivity contribution in [2.24, 2.45) is 56.7 Å². The third-order valence-corrected chi connectivity index (χ3v) is 15.2. The van der Waals surface area contributed by atoms with Gasteiger partial charge in [0.15, 0.2) is 0 Å². The molecule has 10 atom stereocenters. The summed E-state index contributed by atoms with van der Waals surface area (Å²) in [7, 11) is 0. The van der Waals surface area contributed by atoms with Gasteiger partial charge in [-0.1, -0.05) is 65.0 Å².